The number of ether oxygens (including phenoxy) is 1. The van der Waals surface area contributed by atoms with Crippen LogP contribution in [-0.2, 0) is 4.74 Å². The smallest absolute Gasteiger partial charge is 0.404 e. The van der Waals surface area contributed by atoms with Crippen molar-refractivity contribution < 1.29 is 14.6 Å². The van der Waals surface area contributed by atoms with Crippen molar-refractivity contribution in [1.29, 1.82) is 0 Å². The molecule has 0 spiro atoms. The molecule has 2 aromatic rings. The molecule has 0 saturated carbocycles. The van der Waals surface area contributed by atoms with Gasteiger partial charge in [-0.05, 0) is 37.7 Å². The van der Waals surface area contributed by atoms with Crippen molar-refractivity contribution in [3.8, 4) is 5.75 Å². The first-order valence-corrected chi connectivity index (χ1v) is 9.97. The molecule has 1 atom stereocenters. The summed E-state index contributed by atoms with van der Waals surface area (Å²) in [6, 6.07) is 3.32. The Hall–Kier alpha value is -1.52. The predicted molar refractivity (Wildman–Crippen MR) is 122 cm³/mol. The molecule has 0 aliphatic carbocycles. The minimum atomic E-state index is -0.827. The SMILES string of the molecule is CCN(CC)CCNCCC(COC(N)=O)c1ccc(O)c2[nH]c(=O)sc12.Cl.Cl. The number of nitrogens with one attached hydrogen (secondary N) is 2. The number of primary amides is 1. The quantitative estimate of drug-likeness (QED) is 0.376. The Kier molecular flexibility index (Phi) is 12.9. The van der Waals surface area contributed by atoms with E-state index < -0.39 is 6.09 Å². The summed E-state index contributed by atoms with van der Waals surface area (Å²) in [5, 5.41) is 13.4. The number of rotatable bonds is 11. The van der Waals surface area contributed by atoms with E-state index in [1.54, 1.807) is 12.1 Å². The summed E-state index contributed by atoms with van der Waals surface area (Å²) in [4.78, 5) is 27.5. The first-order chi connectivity index (χ1) is 13.0. The van der Waals surface area contributed by atoms with E-state index >= 15 is 0 Å². The molecule has 8 nitrogen and oxygen atoms in total. The Bertz CT molecular complexity index is 811. The predicted octanol–water partition coefficient (Wildman–Crippen LogP) is 2.64. The normalized spacial score (nSPS) is 11.7. The van der Waals surface area contributed by atoms with Crippen LogP contribution in [0.5, 0.6) is 5.75 Å². The molecule has 2 rings (SSSR count). The Morgan fingerprint density at radius 3 is 2.62 bits per heavy atom. The molecule has 29 heavy (non-hydrogen) atoms. The maximum absolute atomic E-state index is 11.7. The number of likely N-dealkylation sites (N-methyl/N-ethyl adjacent to an activating group) is 1. The van der Waals surface area contributed by atoms with Gasteiger partial charge in [-0.1, -0.05) is 31.3 Å². The van der Waals surface area contributed by atoms with E-state index in [4.69, 9.17) is 10.5 Å². The van der Waals surface area contributed by atoms with Crippen LogP contribution < -0.4 is 15.9 Å². The summed E-state index contributed by atoms with van der Waals surface area (Å²) in [6.45, 7) is 9.01. The fourth-order valence-corrected chi connectivity index (χ4v) is 4.00. The van der Waals surface area contributed by atoms with Gasteiger partial charge in [-0.2, -0.15) is 0 Å². The van der Waals surface area contributed by atoms with Crippen LogP contribution in [0.25, 0.3) is 10.2 Å². The largest absolute Gasteiger partial charge is 0.506 e. The second kappa shape index (κ2) is 13.7. The number of thiazole rings is 1. The van der Waals surface area contributed by atoms with Crippen molar-refractivity contribution in [2.45, 2.75) is 26.2 Å². The standard InChI is InChI=1S/C18H28N4O4S.2ClH/c1-3-22(4-2)10-9-20-8-7-12(11-26-17(19)24)13-5-6-14(23)15-16(13)27-18(25)21-15;;/h5-6,12,20,23H,3-4,7-11H2,1-2H3,(H2,19,24)(H,21,25);2*1H. The van der Waals surface area contributed by atoms with Gasteiger partial charge in [0.15, 0.2) is 0 Å². The summed E-state index contributed by atoms with van der Waals surface area (Å²) < 4.78 is 5.71. The summed E-state index contributed by atoms with van der Waals surface area (Å²) in [7, 11) is 0. The number of H-pyrrole nitrogens is 1. The molecule has 1 unspecified atom stereocenters. The number of amides is 1. The van der Waals surface area contributed by atoms with Gasteiger partial charge < -0.3 is 30.8 Å². The van der Waals surface area contributed by atoms with E-state index in [9.17, 15) is 14.7 Å². The molecule has 0 radical (unpaired) electrons. The van der Waals surface area contributed by atoms with E-state index in [1.165, 1.54) is 0 Å². The average Bonchev–Trinajstić information content (AvgIpc) is 3.04. The lowest BCUT2D eigenvalue weighted by atomic mass is 9.96. The Morgan fingerprint density at radius 2 is 2.00 bits per heavy atom. The number of benzene rings is 1. The second-order valence-corrected chi connectivity index (χ2v) is 7.27. The fourth-order valence-electron chi connectivity index (χ4n) is 3.05. The van der Waals surface area contributed by atoms with Gasteiger partial charge in [-0.15, -0.1) is 24.8 Å². The number of nitrogens with two attached hydrogens (primary N) is 1. The molecule has 0 bridgehead atoms. The fraction of sp³-hybridized carbons (Fsp3) is 0.556. The average molecular weight is 469 g/mol. The highest BCUT2D eigenvalue weighted by Crippen LogP contribution is 2.33. The van der Waals surface area contributed by atoms with Gasteiger partial charge in [0.1, 0.15) is 17.9 Å². The van der Waals surface area contributed by atoms with E-state index in [2.05, 4.69) is 29.0 Å². The molecule has 1 aromatic heterocycles. The molecule has 0 fully saturated rings. The van der Waals surface area contributed by atoms with Crippen LogP contribution in [-0.4, -0.2) is 60.4 Å². The van der Waals surface area contributed by atoms with Gasteiger partial charge in [0.2, 0.25) is 0 Å². The number of aromatic nitrogens is 1. The van der Waals surface area contributed by atoms with Crippen molar-refractivity contribution in [3.63, 3.8) is 0 Å². The number of hydrogen-bond acceptors (Lipinski definition) is 7. The van der Waals surface area contributed by atoms with Crippen molar-refractivity contribution >= 4 is 52.5 Å². The van der Waals surface area contributed by atoms with E-state index in [0.717, 1.165) is 49.6 Å². The molecule has 5 N–H and O–H groups in total. The maximum Gasteiger partial charge on any atom is 0.404 e. The minimum absolute atomic E-state index is 0. The Labute approximate surface area is 186 Å². The number of fused-ring (bicyclic) bond motifs is 1. The minimum Gasteiger partial charge on any atom is -0.506 e. The third-order valence-electron chi connectivity index (χ3n) is 4.62. The third kappa shape index (κ3) is 8.02. The number of halogens is 2. The number of aromatic hydroxyl groups is 1. The van der Waals surface area contributed by atoms with Crippen molar-refractivity contribution in [2.24, 2.45) is 5.73 Å². The molecule has 166 valence electrons. The summed E-state index contributed by atoms with van der Waals surface area (Å²) in [5.74, 6) is -0.105. The first kappa shape index (κ1) is 27.5. The number of carbonyl (C=O) groups excluding carboxylic acids is 1. The van der Waals surface area contributed by atoms with E-state index in [-0.39, 0.29) is 48.0 Å². The van der Waals surface area contributed by atoms with Crippen LogP contribution in [0.4, 0.5) is 4.79 Å². The van der Waals surface area contributed by atoms with Gasteiger partial charge in [0.05, 0.1) is 4.70 Å². The molecular weight excluding hydrogens is 439 g/mol. The van der Waals surface area contributed by atoms with E-state index in [0.29, 0.717) is 16.6 Å². The molecule has 0 aliphatic heterocycles. The Morgan fingerprint density at radius 1 is 1.31 bits per heavy atom. The van der Waals surface area contributed by atoms with Crippen LogP contribution in [0.1, 0.15) is 31.7 Å². The van der Waals surface area contributed by atoms with E-state index in [1.807, 2.05) is 0 Å². The topological polar surface area (TPSA) is 121 Å². The zero-order chi connectivity index (χ0) is 19.8. The van der Waals surface area contributed by atoms with Gasteiger partial charge in [-0.3, -0.25) is 4.79 Å². The number of phenolic OH excluding ortho intramolecular Hbond substituents is 1. The van der Waals surface area contributed by atoms with Gasteiger partial charge in [-0.25, -0.2) is 4.79 Å². The zero-order valence-electron chi connectivity index (χ0n) is 16.6. The zero-order valence-corrected chi connectivity index (χ0v) is 19.1. The van der Waals surface area contributed by atoms with Gasteiger partial charge in [0, 0.05) is 19.0 Å². The van der Waals surface area contributed by atoms with Gasteiger partial charge in [0.25, 0.3) is 0 Å². The molecule has 1 aromatic carbocycles. The van der Waals surface area contributed by atoms with Crippen molar-refractivity contribution in [3.05, 3.63) is 27.4 Å². The third-order valence-corrected chi connectivity index (χ3v) is 5.55. The summed E-state index contributed by atoms with van der Waals surface area (Å²) in [6.07, 6.45) is -0.121. The molecule has 0 aliphatic rings. The highest BCUT2D eigenvalue weighted by atomic mass is 35.5. The second-order valence-electron chi connectivity index (χ2n) is 6.29. The number of carbonyl (C=O) groups is 1. The molecule has 0 saturated heterocycles. The van der Waals surface area contributed by atoms with Crippen LogP contribution in [0.15, 0.2) is 16.9 Å². The van der Waals surface area contributed by atoms with Crippen LogP contribution in [0.2, 0.25) is 0 Å². The Balaban J connectivity index is 0.00000392. The lowest BCUT2D eigenvalue weighted by Gasteiger charge is -2.20. The number of hydrogen-bond donors (Lipinski definition) is 4. The van der Waals surface area contributed by atoms with Crippen LogP contribution >= 0.6 is 36.2 Å². The maximum atomic E-state index is 11.7. The molecule has 11 heteroatoms. The number of nitrogens with zero attached hydrogens (tertiary/aromatic N) is 1. The first-order valence-electron chi connectivity index (χ1n) is 9.16. The summed E-state index contributed by atoms with van der Waals surface area (Å²) in [5.41, 5.74) is 6.40. The number of phenols is 1. The highest BCUT2D eigenvalue weighted by molar-refractivity contribution is 7.16. The van der Waals surface area contributed by atoms with Crippen molar-refractivity contribution in [2.75, 3.05) is 39.3 Å². The monoisotopic (exact) mass is 468 g/mol. The lowest BCUT2D eigenvalue weighted by Crippen LogP contribution is -2.32. The highest BCUT2D eigenvalue weighted by Gasteiger charge is 2.19. The van der Waals surface area contributed by atoms with Crippen LogP contribution in [0, 0.1) is 0 Å². The van der Waals surface area contributed by atoms with Crippen LogP contribution in [0.3, 0.4) is 0 Å². The molecule has 1 amide bonds. The lowest BCUT2D eigenvalue weighted by molar-refractivity contribution is 0.147. The van der Waals surface area contributed by atoms with Gasteiger partial charge >= 0.3 is 11.0 Å². The molecule has 1 heterocycles. The van der Waals surface area contributed by atoms with Crippen molar-refractivity contribution in [1.82, 2.24) is 15.2 Å². The summed E-state index contributed by atoms with van der Waals surface area (Å²) >= 11 is 1.04. The molecular formula is C18H30Cl2N4O4S. The number of aromatic amines is 1.